The number of methoxy groups -OCH3 is 2. The summed E-state index contributed by atoms with van der Waals surface area (Å²) in [7, 11) is 3.16. The lowest BCUT2D eigenvalue weighted by atomic mass is 9.85. The fraction of sp³-hybridized carbons (Fsp3) is 0.579. The number of anilines is 1. The number of piperidine rings is 1. The topological polar surface area (TPSA) is 71.1 Å². The molecule has 3 amide bonds. The Labute approximate surface area is 164 Å². The Hall–Kier alpha value is -1.99. The van der Waals surface area contributed by atoms with Crippen LogP contribution in [0.2, 0.25) is 5.02 Å². The molecule has 1 unspecified atom stereocenters. The van der Waals surface area contributed by atoms with Gasteiger partial charge in [0.15, 0.2) is 0 Å². The summed E-state index contributed by atoms with van der Waals surface area (Å²) in [6, 6.07) is 4.82. The van der Waals surface area contributed by atoms with E-state index in [9.17, 15) is 9.59 Å². The van der Waals surface area contributed by atoms with Crippen molar-refractivity contribution < 1.29 is 19.1 Å². The van der Waals surface area contributed by atoms with E-state index in [-0.39, 0.29) is 11.9 Å². The van der Waals surface area contributed by atoms with Gasteiger partial charge in [-0.3, -0.25) is 4.79 Å². The van der Waals surface area contributed by atoms with E-state index in [1.165, 1.54) is 7.11 Å². The van der Waals surface area contributed by atoms with Crippen LogP contribution in [-0.4, -0.2) is 67.7 Å². The fourth-order valence-corrected chi connectivity index (χ4v) is 4.33. The molecule has 27 heavy (non-hydrogen) atoms. The fourth-order valence-electron chi connectivity index (χ4n) is 4.07. The molecule has 2 saturated heterocycles. The average Bonchev–Trinajstić information content (AvgIpc) is 3.08. The van der Waals surface area contributed by atoms with E-state index in [0.717, 1.165) is 12.8 Å². The molecular weight excluding hydrogens is 370 g/mol. The van der Waals surface area contributed by atoms with Crippen molar-refractivity contribution in [3.8, 4) is 5.75 Å². The summed E-state index contributed by atoms with van der Waals surface area (Å²) in [5.74, 6) is 0.578. The Morgan fingerprint density at radius 3 is 2.67 bits per heavy atom. The Morgan fingerprint density at radius 2 is 2.00 bits per heavy atom. The van der Waals surface area contributed by atoms with Crippen molar-refractivity contribution in [1.82, 2.24) is 9.80 Å². The number of nitrogens with one attached hydrogen (secondary N) is 1. The van der Waals surface area contributed by atoms with Crippen molar-refractivity contribution >= 4 is 29.2 Å². The molecule has 0 aliphatic carbocycles. The zero-order chi connectivity index (χ0) is 19.4. The third-order valence-electron chi connectivity index (χ3n) is 5.41. The van der Waals surface area contributed by atoms with E-state index in [4.69, 9.17) is 21.1 Å². The minimum Gasteiger partial charge on any atom is -0.495 e. The number of rotatable bonds is 5. The molecule has 1 N–H and O–H groups in total. The monoisotopic (exact) mass is 395 g/mol. The molecule has 2 fully saturated rings. The summed E-state index contributed by atoms with van der Waals surface area (Å²) < 4.78 is 10.3. The van der Waals surface area contributed by atoms with Crippen LogP contribution in [0.25, 0.3) is 0 Å². The molecule has 7 nitrogen and oxygen atoms in total. The third kappa shape index (κ3) is 3.84. The minimum absolute atomic E-state index is 0.0335. The molecule has 1 aromatic carbocycles. The van der Waals surface area contributed by atoms with Crippen molar-refractivity contribution in [2.75, 3.05) is 45.8 Å². The number of hydrogen-bond donors (Lipinski definition) is 1. The van der Waals surface area contributed by atoms with Crippen LogP contribution in [0.1, 0.15) is 25.7 Å². The molecule has 1 spiro atoms. The second-order valence-corrected chi connectivity index (χ2v) is 7.36. The zero-order valence-corrected chi connectivity index (χ0v) is 16.6. The maximum absolute atomic E-state index is 13.2. The van der Waals surface area contributed by atoms with Crippen LogP contribution >= 0.6 is 11.6 Å². The highest BCUT2D eigenvalue weighted by molar-refractivity contribution is 6.32. The zero-order valence-electron chi connectivity index (χ0n) is 15.8. The normalized spacial score (nSPS) is 22.4. The van der Waals surface area contributed by atoms with Crippen molar-refractivity contribution in [3.63, 3.8) is 0 Å². The molecule has 1 aromatic rings. The molecule has 3 rings (SSSR count). The molecule has 0 aromatic heterocycles. The van der Waals surface area contributed by atoms with Gasteiger partial charge in [0.2, 0.25) is 5.91 Å². The number of carbonyl (C=O) groups is 2. The first-order chi connectivity index (χ1) is 13.0. The van der Waals surface area contributed by atoms with Crippen LogP contribution in [-0.2, 0) is 9.53 Å². The van der Waals surface area contributed by atoms with Crippen LogP contribution < -0.4 is 10.1 Å². The second kappa shape index (κ2) is 8.35. The van der Waals surface area contributed by atoms with Gasteiger partial charge in [-0.1, -0.05) is 11.6 Å². The first kappa shape index (κ1) is 19.8. The maximum atomic E-state index is 13.2. The van der Waals surface area contributed by atoms with E-state index in [2.05, 4.69) is 5.32 Å². The predicted octanol–water partition coefficient (Wildman–Crippen LogP) is 2.98. The van der Waals surface area contributed by atoms with Crippen LogP contribution in [0.4, 0.5) is 10.5 Å². The number of benzene rings is 1. The van der Waals surface area contributed by atoms with Gasteiger partial charge >= 0.3 is 6.03 Å². The molecule has 1 atom stereocenters. The van der Waals surface area contributed by atoms with Gasteiger partial charge in [0, 0.05) is 32.4 Å². The number of ether oxygens (including phenoxy) is 2. The summed E-state index contributed by atoms with van der Waals surface area (Å²) in [6.45, 7) is 2.34. The van der Waals surface area contributed by atoms with Gasteiger partial charge in [0.05, 0.1) is 18.7 Å². The predicted molar refractivity (Wildman–Crippen MR) is 103 cm³/mol. The third-order valence-corrected chi connectivity index (χ3v) is 5.70. The average molecular weight is 396 g/mol. The van der Waals surface area contributed by atoms with E-state index >= 15 is 0 Å². The minimum atomic E-state index is -0.744. The molecule has 2 aliphatic rings. The van der Waals surface area contributed by atoms with Gasteiger partial charge in [-0.05, 0) is 43.9 Å². The van der Waals surface area contributed by atoms with E-state index in [0.29, 0.717) is 55.5 Å². The molecule has 148 valence electrons. The van der Waals surface area contributed by atoms with Gasteiger partial charge in [-0.15, -0.1) is 0 Å². The first-order valence-electron chi connectivity index (χ1n) is 9.22. The van der Waals surface area contributed by atoms with Gasteiger partial charge in [-0.2, -0.15) is 0 Å². The van der Waals surface area contributed by atoms with Gasteiger partial charge < -0.3 is 24.6 Å². The molecule has 0 saturated carbocycles. The Bertz CT molecular complexity index is 714. The van der Waals surface area contributed by atoms with E-state index in [1.807, 2.05) is 4.90 Å². The van der Waals surface area contributed by atoms with E-state index < -0.39 is 5.54 Å². The van der Waals surface area contributed by atoms with Gasteiger partial charge in [0.25, 0.3) is 0 Å². The summed E-state index contributed by atoms with van der Waals surface area (Å²) >= 11 is 6.14. The molecule has 2 heterocycles. The highest BCUT2D eigenvalue weighted by atomic mass is 35.5. The van der Waals surface area contributed by atoms with Crippen molar-refractivity contribution in [3.05, 3.63) is 23.2 Å². The van der Waals surface area contributed by atoms with Gasteiger partial charge in [0.1, 0.15) is 11.3 Å². The standard InChI is InChI=1S/C19H26ClN3O4/c1-26-12-11-22-9-3-7-19(17(22)24)8-4-10-23(19)18(25)21-14-5-6-16(27-2)15(20)13-14/h5-6,13H,3-4,7-12H2,1-2H3,(H,21,25). The first-order valence-corrected chi connectivity index (χ1v) is 9.60. The summed E-state index contributed by atoms with van der Waals surface area (Å²) in [6.07, 6.45) is 3.10. The molecule has 2 aliphatic heterocycles. The lowest BCUT2D eigenvalue weighted by Crippen LogP contribution is -2.62. The maximum Gasteiger partial charge on any atom is 0.322 e. The number of nitrogens with zero attached hydrogens (tertiary/aromatic N) is 2. The molecular formula is C19H26ClN3O4. The van der Waals surface area contributed by atoms with Gasteiger partial charge in [-0.25, -0.2) is 4.79 Å². The smallest absolute Gasteiger partial charge is 0.322 e. The van der Waals surface area contributed by atoms with Crippen LogP contribution in [0, 0.1) is 0 Å². The second-order valence-electron chi connectivity index (χ2n) is 6.95. The summed E-state index contributed by atoms with van der Waals surface area (Å²) in [4.78, 5) is 29.7. The van der Waals surface area contributed by atoms with Crippen molar-refractivity contribution in [2.45, 2.75) is 31.2 Å². The SMILES string of the molecule is COCCN1CCCC2(CCCN2C(=O)Nc2ccc(OC)c(Cl)c2)C1=O. The van der Waals surface area contributed by atoms with Crippen molar-refractivity contribution in [2.24, 2.45) is 0 Å². The molecule has 8 heteroatoms. The van der Waals surface area contributed by atoms with Crippen LogP contribution in [0.5, 0.6) is 5.75 Å². The summed E-state index contributed by atoms with van der Waals surface area (Å²) in [5, 5.41) is 3.30. The highest BCUT2D eigenvalue weighted by Gasteiger charge is 2.52. The Kier molecular flexibility index (Phi) is 6.11. The Morgan fingerprint density at radius 1 is 1.26 bits per heavy atom. The van der Waals surface area contributed by atoms with Crippen LogP contribution in [0.15, 0.2) is 18.2 Å². The lowest BCUT2D eigenvalue weighted by Gasteiger charge is -2.44. The van der Waals surface area contributed by atoms with E-state index in [1.54, 1.807) is 30.2 Å². The number of halogens is 1. The molecule has 0 radical (unpaired) electrons. The number of amides is 3. The molecule has 0 bridgehead atoms. The number of hydrogen-bond acceptors (Lipinski definition) is 4. The lowest BCUT2D eigenvalue weighted by molar-refractivity contribution is -0.146. The van der Waals surface area contributed by atoms with Crippen molar-refractivity contribution in [1.29, 1.82) is 0 Å². The largest absolute Gasteiger partial charge is 0.495 e. The quantitative estimate of drug-likeness (QED) is 0.832. The number of urea groups is 1. The number of carbonyl (C=O) groups excluding carboxylic acids is 2. The number of likely N-dealkylation sites (tertiary alicyclic amines) is 2. The Balaban J connectivity index is 1.75. The highest BCUT2D eigenvalue weighted by Crippen LogP contribution is 2.38. The van der Waals surface area contributed by atoms with Crippen LogP contribution in [0.3, 0.4) is 0 Å². The summed E-state index contributed by atoms with van der Waals surface area (Å²) in [5.41, 5.74) is -0.167.